The molecule has 0 saturated heterocycles. The molecule has 1 fully saturated rings. The van der Waals surface area contributed by atoms with E-state index in [0.29, 0.717) is 0 Å². The molecule has 94 valence electrons. The summed E-state index contributed by atoms with van der Waals surface area (Å²) in [6, 6.07) is 0. The number of hydrogen-bond donors (Lipinski definition) is 2. The minimum atomic E-state index is -1.33. The normalized spacial score (nSPS) is 27.8. The molecule has 0 aromatic carbocycles. The number of esters is 1. The molecule has 0 radical (unpaired) electrons. The maximum Gasteiger partial charge on any atom is 0.311 e. The van der Waals surface area contributed by atoms with Crippen molar-refractivity contribution in [2.45, 2.75) is 25.9 Å². The van der Waals surface area contributed by atoms with Crippen LogP contribution < -0.4 is 0 Å². The van der Waals surface area contributed by atoms with E-state index < -0.39 is 48.1 Å². The van der Waals surface area contributed by atoms with E-state index in [-0.39, 0.29) is 6.42 Å². The molecule has 3 unspecified atom stereocenters. The number of ether oxygens (including phenoxy) is 1. The first-order valence-electron chi connectivity index (χ1n) is 4.97. The smallest absolute Gasteiger partial charge is 0.311 e. The molecule has 7 heteroatoms. The zero-order chi connectivity index (χ0) is 13.2. The molecule has 0 bridgehead atoms. The molecule has 0 amide bonds. The van der Waals surface area contributed by atoms with Crippen LogP contribution in [-0.4, -0.2) is 40.0 Å². The fourth-order valence-corrected chi connectivity index (χ4v) is 2.02. The second-order valence-electron chi connectivity index (χ2n) is 3.89. The Morgan fingerprint density at radius 1 is 1.35 bits per heavy atom. The Balaban J connectivity index is 2.90. The van der Waals surface area contributed by atoms with E-state index in [9.17, 15) is 19.2 Å². The minimum absolute atomic E-state index is 0.242. The third-order valence-electron chi connectivity index (χ3n) is 2.65. The average molecular weight is 244 g/mol. The summed E-state index contributed by atoms with van der Waals surface area (Å²) in [5, 5.41) is 17.6. The predicted octanol–water partition coefficient (Wildman–Crippen LogP) is -0.317. The van der Waals surface area contributed by atoms with Gasteiger partial charge in [-0.15, -0.1) is 0 Å². The lowest BCUT2D eigenvalue weighted by Crippen LogP contribution is -2.32. The van der Waals surface area contributed by atoms with Gasteiger partial charge in [0, 0.05) is 19.3 Å². The molecule has 0 heterocycles. The third-order valence-corrected chi connectivity index (χ3v) is 2.65. The number of carboxylic acid groups (broad SMARTS) is 2. The van der Waals surface area contributed by atoms with Crippen molar-refractivity contribution in [1.29, 1.82) is 0 Å². The van der Waals surface area contributed by atoms with E-state index in [1.807, 2.05) is 0 Å². The Bertz CT molecular complexity index is 373. The number of carbonyl (C=O) groups excluding carboxylic acids is 2. The Hall–Kier alpha value is -1.92. The number of carboxylic acids is 2. The van der Waals surface area contributed by atoms with E-state index >= 15 is 0 Å². The lowest BCUT2D eigenvalue weighted by molar-refractivity contribution is -0.157. The van der Waals surface area contributed by atoms with Crippen LogP contribution in [0.3, 0.4) is 0 Å². The Kier molecular flexibility index (Phi) is 3.82. The van der Waals surface area contributed by atoms with Gasteiger partial charge >= 0.3 is 17.9 Å². The first-order chi connectivity index (χ1) is 7.82. The predicted molar refractivity (Wildman–Crippen MR) is 52.0 cm³/mol. The van der Waals surface area contributed by atoms with Gasteiger partial charge in [0.25, 0.3) is 0 Å². The van der Waals surface area contributed by atoms with Gasteiger partial charge in [-0.1, -0.05) is 0 Å². The third kappa shape index (κ3) is 3.02. The lowest BCUT2D eigenvalue weighted by Gasteiger charge is -2.18. The first kappa shape index (κ1) is 13.1. The van der Waals surface area contributed by atoms with Crippen molar-refractivity contribution < 1.29 is 34.1 Å². The molecule has 0 aromatic heterocycles. The molecule has 7 nitrogen and oxygen atoms in total. The number of Topliss-reactive ketones (excluding diaryl/α,β-unsaturated/α-hetero) is 1. The number of aliphatic carboxylic acids is 2. The minimum Gasteiger partial charge on any atom is -0.481 e. The monoisotopic (exact) mass is 244 g/mol. The van der Waals surface area contributed by atoms with Gasteiger partial charge in [-0.05, 0) is 0 Å². The van der Waals surface area contributed by atoms with Crippen molar-refractivity contribution in [2.75, 3.05) is 0 Å². The molecule has 0 spiro atoms. The molecule has 3 atom stereocenters. The standard InChI is InChI=1S/C10H12O7/c1-4(11)17-7-3-6(12)5(2-8(13)14)9(7)10(15)16/h5,7,9H,2-3H2,1H3,(H,13,14)(H,15,16). The number of carbonyl (C=O) groups is 4. The second-order valence-corrected chi connectivity index (χ2v) is 3.89. The summed E-state index contributed by atoms with van der Waals surface area (Å²) >= 11 is 0. The summed E-state index contributed by atoms with van der Waals surface area (Å²) in [5.74, 6) is -6.17. The summed E-state index contributed by atoms with van der Waals surface area (Å²) in [6.07, 6.45) is -1.87. The molecular formula is C10H12O7. The summed E-state index contributed by atoms with van der Waals surface area (Å²) in [5.41, 5.74) is 0. The van der Waals surface area contributed by atoms with Crippen LogP contribution in [0.15, 0.2) is 0 Å². The molecule has 1 aliphatic rings. The van der Waals surface area contributed by atoms with Crippen molar-refractivity contribution in [1.82, 2.24) is 0 Å². The SMILES string of the molecule is CC(=O)OC1CC(=O)C(CC(=O)O)C1C(=O)O. The van der Waals surface area contributed by atoms with Gasteiger partial charge < -0.3 is 14.9 Å². The summed E-state index contributed by atoms with van der Waals surface area (Å²) in [4.78, 5) is 43.8. The zero-order valence-corrected chi connectivity index (χ0v) is 9.08. The molecule has 0 aliphatic heterocycles. The van der Waals surface area contributed by atoms with Gasteiger partial charge in [0.2, 0.25) is 0 Å². The van der Waals surface area contributed by atoms with Crippen LogP contribution in [-0.2, 0) is 23.9 Å². The maximum absolute atomic E-state index is 11.5. The zero-order valence-electron chi connectivity index (χ0n) is 9.08. The molecular weight excluding hydrogens is 232 g/mol. The number of rotatable bonds is 4. The number of hydrogen-bond acceptors (Lipinski definition) is 5. The Labute approximate surface area is 96.4 Å². The highest BCUT2D eigenvalue weighted by atomic mass is 16.5. The van der Waals surface area contributed by atoms with Crippen LogP contribution >= 0.6 is 0 Å². The van der Waals surface area contributed by atoms with Gasteiger partial charge in [0.05, 0.1) is 6.42 Å². The van der Waals surface area contributed by atoms with Crippen LogP contribution in [0.25, 0.3) is 0 Å². The van der Waals surface area contributed by atoms with Crippen molar-refractivity contribution >= 4 is 23.7 Å². The summed E-state index contributed by atoms with van der Waals surface area (Å²) < 4.78 is 4.73. The van der Waals surface area contributed by atoms with Crippen molar-refractivity contribution in [2.24, 2.45) is 11.8 Å². The quantitative estimate of drug-likeness (QED) is 0.650. The van der Waals surface area contributed by atoms with Gasteiger partial charge in [0.15, 0.2) is 0 Å². The second kappa shape index (κ2) is 4.94. The molecule has 1 aliphatic carbocycles. The lowest BCUT2D eigenvalue weighted by atomic mass is 9.91. The van der Waals surface area contributed by atoms with E-state index in [4.69, 9.17) is 14.9 Å². The molecule has 0 aromatic rings. The van der Waals surface area contributed by atoms with Crippen LogP contribution in [0.2, 0.25) is 0 Å². The van der Waals surface area contributed by atoms with Crippen LogP contribution in [0, 0.1) is 11.8 Å². The highest BCUT2D eigenvalue weighted by Gasteiger charge is 2.49. The maximum atomic E-state index is 11.5. The van der Waals surface area contributed by atoms with Gasteiger partial charge in [0.1, 0.15) is 17.8 Å². The van der Waals surface area contributed by atoms with Gasteiger partial charge in [-0.3, -0.25) is 19.2 Å². The average Bonchev–Trinajstić information content (AvgIpc) is 2.40. The highest BCUT2D eigenvalue weighted by molar-refractivity contribution is 5.93. The fourth-order valence-electron chi connectivity index (χ4n) is 2.02. The van der Waals surface area contributed by atoms with Gasteiger partial charge in [-0.25, -0.2) is 0 Å². The summed E-state index contributed by atoms with van der Waals surface area (Å²) in [7, 11) is 0. The van der Waals surface area contributed by atoms with E-state index in [1.54, 1.807) is 0 Å². The van der Waals surface area contributed by atoms with Crippen LogP contribution in [0.5, 0.6) is 0 Å². The van der Waals surface area contributed by atoms with Gasteiger partial charge in [-0.2, -0.15) is 0 Å². The van der Waals surface area contributed by atoms with Crippen molar-refractivity contribution in [3.05, 3.63) is 0 Å². The topological polar surface area (TPSA) is 118 Å². The number of ketones is 1. The Morgan fingerprint density at radius 2 is 1.94 bits per heavy atom. The van der Waals surface area contributed by atoms with Crippen LogP contribution in [0.1, 0.15) is 19.8 Å². The van der Waals surface area contributed by atoms with Crippen LogP contribution in [0.4, 0.5) is 0 Å². The molecule has 2 N–H and O–H groups in total. The molecule has 17 heavy (non-hydrogen) atoms. The van der Waals surface area contributed by atoms with E-state index in [2.05, 4.69) is 0 Å². The summed E-state index contributed by atoms with van der Waals surface area (Å²) in [6.45, 7) is 1.11. The van der Waals surface area contributed by atoms with Crippen molar-refractivity contribution in [3.63, 3.8) is 0 Å². The van der Waals surface area contributed by atoms with Crippen molar-refractivity contribution in [3.8, 4) is 0 Å². The highest BCUT2D eigenvalue weighted by Crippen LogP contribution is 2.34. The fraction of sp³-hybridized carbons (Fsp3) is 0.600. The largest absolute Gasteiger partial charge is 0.481 e. The van der Waals surface area contributed by atoms with E-state index in [0.717, 1.165) is 6.92 Å². The first-order valence-corrected chi connectivity index (χ1v) is 4.97. The van der Waals surface area contributed by atoms with E-state index in [1.165, 1.54) is 0 Å². The molecule has 1 saturated carbocycles. The Morgan fingerprint density at radius 3 is 2.35 bits per heavy atom. The molecule has 1 rings (SSSR count).